The highest BCUT2D eigenvalue weighted by atomic mass is 35.5. The zero-order chi connectivity index (χ0) is 13.2. The van der Waals surface area contributed by atoms with E-state index in [0.717, 1.165) is 0 Å². The molecule has 0 saturated heterocycles. The molecule has 6 heteroatoms. The maximum atomic E-state index is 14.0. The first-order valence-electron chi connectivity index (χ1n) is 5.24. The van der Waals surface area contributed by atoms with Gasteiger partial charge in [0.2, 0.25) is 0 Å². The standard InChI is InChI=1S/C12H14ClFN2O.ClH/c1-7(2)16(8(3)17)11-5-10(13)4-9(6-15)12(11)14;/h4-5,7-8,17H,1-3H3;1H. The van der Waals surface area contributed by atoms with Crippen LogP contribution in [0.25, 0.3) is 0 Å². The third kappa shape index (κ3) is 3.49. The van der Waals surface area contributed by atoms with Gasteiger partial charge >= 0.3 is 0 Å². The summed E-state index contributed by atoms with van der Waals surface area (Å²) in [6.45, 7) is 5.17. The zero-order valence-electron chi connectivity index (χ0n) is 10.3. The smallest absolute Gasteiger partial charge is 0.164 e. The Kier molecular flexibility index (Phi) is 6.41. The SMILES string of the molecule is CC(C)N(c1cc(Cl)cc(C#N)c1F)C(C)O.Cl. The van der Waals surface area contributed by atoms with Gasteiger partial charge in [-0.05, 0) is 32.9 Å². The molecule has 0 fully saturated rings. The maximum Gasteiger partial charge on any atom is 0.164 e. The Morgan fingerprint density at radius 2 is 1.94 bits per heavy atom. The highest BCUT2D eigenvalue weighted by molar-refractivity contribution is 6.31. The molecule has 0 spiro atoms. The van der Waals surface area contributed by atoms with Crippen molar-refractivity contribution in [3.8, 4) is 6.07 Å². The number of hydrogen-bond acceptors (Lipinski definition) is 3. The van der Waals surface area contributed by atoms with Crippen LogP contribution in [0.15, 0.2) is 12.1 Å². The molecule has 0 radical (unpaired) electrons. The van der Waals surface area contributed by atoms with Gasteiger partial charge in [0.1, 0.15) is 12.3 Å². The second-order valence-corrected chi connectivity index (χ2v) is 4.47. The molecule has 1 rings (SSSR count). The summed E-state index contributed by atoms with van der Waals surface area (Å²) >= 11 is 5.83. The van der Waals surface area contributed by atoms with Crippen LogP contribution in [0, 0.1) is 17.1 Å². The molecule has 0 amide bonds. The van der Waals surface area contributed by atoms with Gasteiger partial charge in [-0.1, -0.05) is 11.6 Å². The van der Waals surface area contributed by atoms with Gasteiger partial charge < -0.3 is 10.0 Å². The minimum atomic E-state index is -0.866. The fourth-order valence-corrected chi connectivity index (χ4v) is 1.97. The quantitative estimate of drug-likeness (QED) is 0.870. The van der Waals surface area contributed by atoms with Crippen LogP contribution in [-0.4, -0.2) is 17.4 Å². The molecule has 1 atom stereocenters. The van der Waals surface area contributed by atoms with Gasteiger partial charge in [-0.3, -0.25) is 0 Å². The van der Waals surface area contributed by atoms with E-state index in [9.17, 15) is 9.50 Å². The Morgan fingerprint density at radius 1 is 1.39 bits per heavy atom. The van der Waals surface area contributed by atoms with Crippen LogP contribution < -0.4 is 4.90 Å². The van der Waals surface area contributed by atoms with Gasteiger partial charge in [0.15, 0.2) is 5.82 Å². The van der Waals surface area contributed by atoms with Crippen LogP contribution in [0.1, 0.15) is 26.3 Å². The van der Waals surface area contributed by atoms with Crippen molar-refractivity contribution in [2.45, 2.75) is 33.0 Å². The van der Waals surface area contributed by atoms with E-state index >= 15 is 0 Å². The first-order chi connectivity index (χ1) is 7.88. The van der Waals surface area contributed by atoms with Crippen LogP contribution in [0.3, 0.4) is 0 Å². The number of rotatable bonds is 3. The van der Waals surface area contributed by atoms with Gasteiger partial charge in [-0.25, -0.2) is 4.39 Å². The molecule has 0 heterocycles. The third-order valence-corrected chi connectivity index (χ3v) is 2.59. The van der Waals surface area contributed by atoms with Gasteiger partial charge in [-0.15, -0.1) is 12.4 Å². The predicted octanol–water partition coefficient (Wildman–Crippen LogP) is 3.33. The van der Waals surface area contributed by atoms with E-state index in [1.54, 1.807) is 6.07 Å². The van der Waals surface area contributed by atoms with Crippen molar-refractivity contribution >= 4 is 29.7 Å². The molecular weight excluding hydrogens is 278 g/mol. The van der Waals surface area contributed by atoms with Crippen molar-refractivity contribution in [3.05, 3.63) is 28.5 Å². The summed E-state index contributed by atoms with van der Waals surface area (Å²) in [4.78, 5) is 1.46. The Hall–Kier alpha value is -1.02. The molecule has 1 aromatic carbocycles. The number of halogens is 3. The Labute approximate surface area is 117 Å². The van der Waals surface area contributed by atoms with E-state index in [4.69, 9.17) is 16.9 Å². The molecule has 1 unspecified atom stereocenters. The van der Waals surface area contributed by atoms with Crippen LogP contribution in [0.4, 0.5) is 10.1 Å². The number of aliphatic hydroxyl groups is 1. The molecule has 0 aromatic heterocycles. The van der Waals surface area contributed by atoms with E-state index in [1.807, 2.05) is 13.8 Å². The second-order valence-electron chi connectivity index (χ2n) is 4.03. The number of benzene rings is 1. The lowest BCUT2D eigenvalue weighted by atomic mass is 10.1. The highest BCUT2D eigenvalue weighted by Crippen LogP contribution is 2.29. The molecule has 18 heavy (non-hydrogen) atoms. The zero-order valence-corrected chi connectivity index (χ0v) is 11.9. The predicted molar refractivity (Wildman–Crippen MR) is 72.7 cm³/mol. The monoisotopic (exact) mass is 292 g/mol. The number of nitrogens with zero attached hydrogens (tertiary/aromatic N) is 2. The van der Waals surface area contributed by atoms with Crippen LogP contribution in [-0.2, 0) is 0 Å². The minimum absolute atomic E-state index is 0. The maximum absolute atomic E-state index is 14.0. The van der Waals surface area contributed by atoms with E-state index in [0.29, 0.717) is 0 Å². The van der Waals surface area contributed by atoms with E-state index in [-0.39, 0.29) is 34.7 Å². The number of hydrogen-bond donors (Lipinski definition) is 1. The van der Waals surface area contributed by atoms with E-state index in [1.165, 1.54) is 24.0 Å². The topological polar surface area (TPSA) is 47.3 Å². The molecule has 0 bridgehead atoms. The molecule has 0 aliphatic carbocycles. The Morgan fingerprint density at radius 3 is 2.33 bits per heavy atom. The van der Waals surface area contributed by atoms with Crippen molar-refractivity contribution in [1.82, 2.24) is 0 Å². The fraction of sp³-hybridized carbons (Fsp3) is 0.417. The van der Waals surface area contributed by atoms with Crippen LogP contribution in [0.5, 0.6) is 0 Å². The molecule has 0 saturated carbocycles. The summed E-state index contributed by atoms with van der Waals surface area (Å²) in [5.74, 6) is -0.661. The summed E-state index contributed by atoms with van der Waals surface area (Å²) in [6.07, 6.45) is -0.866. The molecule has 0 aliphatic rings. The average molecular weight is 293 g/mol. The average Bonchev–Trinajstić information content (AvgIpc) is 2.21. The van der Waals surface area contributed by atoms with Gasteiger partial charge in [0.25, 0.3) is 0 Å². The largest absolute Gasteiger partial charge is 0.374 e. The van der Waals surface area contributed by atoms with Gasteiger partial charge in [-0.2, -0.15) is 5.26 Å². The lowest BCUT2D eigenvalue weighted by molar-refractivity contribution is 0.179. The number of anilines is 1. The van der Waals surface area contributed by atoms with Crippen molar-refractivity contribution in [3.63, 3.8) is 0 Å². The summed E-state index contributed by atoms with van der Waals surface area (Å²) in [6, 6.07) is 4.30. The first kappa shape index (κ1) is 17.0. The van der Waals surface area contributed by atoms with E-state index < -0.39 is 12.0 Å². The molecule has 100 valence electrons. The molecule has 1 N–H and O–H groups in total. The van der Waals surface area contributed by atoms with Crippen LogP contribution in [0.2, 0.25) is 5.02 Å². The summed E-state index contributed by atoms with van der Waals surface area (Å²) in [5, 5.41) is 18.7. The molecule has 1 aromatic rings. The van der Waals surface area contributed by atoms with Crippen molar-refractivity contribution in [1.29, 1.82) is 5.26 Å². The molecule has 3 nitrogen and oxygen atoms in total. The second kappa shape index (κ2) is 6.79. The first-order valence-corrected chi connectivity index (χ1v) is 5.61. The Balaban J connectivity index is 0.00000289. The minimum Gasteiger partial charge on any atom is -0.374 e. The third-order valence-electron chi connectivity index (χ3n) is 2.38. The lowest BCUT2D eigenvalue weighted by Gasteiger charge is -2.32. The van der Waals surface area contributed by atoms with Crippen LogP contribution >= 0.6 is 24.0 Å². The Bertz CT molecular complexity index is 450. The van der Waals surface area contributed by atoms with E-state index in [2.05, 4.69) is 0 Å². The van der Waals surface area contributed by atoms with Crippen molar-refractivity contribution in [2.24, 2.45) is 0 Å². The number of nitriles is 1. The van der Waals surface area contributed by atoms with Gasteiger partial charge in [0, 0.05) is 11.1 Å². The molecule has 0 aliphatic heterocycles. The highest BCUT2D eigenvalue weighted by Gasteiger charge is 2.21. The normalized spacial score (nSPS) is 11.7. The summed E-state index contributed by atoms with van der Waals surface area (Å²) in [5.41, 5.74) is 0.0119. The fourth-order valence-electron chi connectivity index (χ4n) is 1.76. The number of aliphatic hydroxyl groups excluding tert-OH is 1. The van der Waals surface area contributed by atoms with Gasteiger partial charge in [0.05, 0.1) is 11.3 Å². The lowest BCUT2D eigenvalue weighted by Crippen LogP contribution is -2.39. The summed E-state index contributed by atoms with van der Waals surface area (Å²) in [7, 11) is 0. The summed E-state index contributed by atoms with van der Waals surface area (Å²) < 4.78 is 14.0. The van der Waals surface area contributed by atoms with Crippen molar-refractivity contribution < 1.29 is 9.50 Å². The van der Waals surface area contributed by atoms with Crippen molar-refractivity contribution in [2.75, 3.05) is 4.90 Å². The molecular formula is C12H15Cl2FN2O.